The van der Waals surface area contributed by atoms with Crippen LogP contribution in [-0.4, -0.2) is 12.6 Å². The van der Waals surface area contributed by atoms with Crippen LogP contribution in [0.1, 0.15) is 11.1 Å². The molecule has 2 aromatic carbocycles. The smallest absolute Gasteiger partial charge is 0.293 e. The summed E-state index contributed by atoms with van der Waals surface area (Å²) in [6.45, 7) is 0.538. The van der Waals surface area contributed by atoms with Gasteiger partial charge in [-0.25, -0.2) is 0 Å². The molecule has 0 radical (unpaired) electrons. The van der Waals surface area contributed by atoms with Crippen LogP contribution in [0.4, 0.5) is 0 Å². The van der Waals surface area contributed by atoms with Crippen molar-refractivity contribution in [2.45, 2.75) is 18.9 Å². The van der Waals surface area contributed by atoms with Crippen LogP contribution < -0.4 is 0 Å². The zero-order chi connectivity index (χ0) is 12.6. The predicted molar refractivity (Wildman–Crippen MR) is 71.2 cm³/mol. The predicted octanol–water partition coefficient (Wildman–Crippen LogP) is 3.01. The minimum atomic E-state index is -0.104. The molecule has 0 aliphatic rings. The number of hydrogen-bond donors (Lipinski definition) is 0. The van der Waals surface area contributed by atoms with Crippen molar-refractivity contribution >= 4 is 6.47 Å². The van der Waals surface area contributed by atoms with E-state index in [0.29, 0.717) is 6.47 Å². The van der Waals surface area contributed by atoms with Crippen LogP contribution in [0.2, 0.25) is 0 Å². The first-order valence-corrected chi connectivity index (χ1v) is 6.05. The molecule has 2 rings (SSSR count). The quantitative estimate of drug-likeness (QED) is 0.725. The summed E-state index contributed by atoms with van der Waals surface area (Å²) in [5.74, 6) is 0. The summed E-state index contributed by atoms with van der Waals surface area (Å²) < 4.78 is 5.17. The highest BCUT2D eigenvalue weighted by atomic mass is 16.5. The molecule has 0 bridgehead atoms. The summed E-state index contributed by atoms with van der Waals surface area (Å²) in [7, 11) is 0. The van der Waals surface area contributed by atoms with E-state index in [1.54, 1.807) is 0 Å². The van der Waals surface area contributed by atoms with Crippen molar-refractivity contribution in [3.8, 4) is 0 Å². The number of ether oxygens (including phenoxy) is 1. The van der Waals surface area contributed by atoms with Gasteiger partial charge < -0.3 is 4.74 Å². The van der Waals surface area contributed by atoms with Crippen molar-refractivity contribution in [1.29, 1.82) is 0 Å². The van der Waals surface area contributed by atoms with E-state index in [0.717, 1.165) is 12.8 Å². The number of hydrogen-bond acceptors (Lipinski definition) is 2. The van der Waals surface area contributed by atoms with E-state index in [-0.39, 0.29) is 6.10 Å². The Morgan fingerprint density at radius 1 is 0.833 bits per heavy atom. The number of rotatable bonds is 6. The van der Waals surface area contributed by atoms with Gasteiger partial charge in [0.05, 0.1) is 0 Å². The average Bonchev–Trinajstić information content (AvgIpc) is 2.41. The van der Waals surface area contributed by atoms with Gasteiger partial charge in [-0.3, -0.25) is 4.79 Å². The Hall–Kier alpha value is -2.09. The molecule has 2 nitrogen and oxygen atoms in total. The largest absolute Gasteiger partial charge is 0.464 e. The molecule has 0 aromatic heterocycles. The van der Waals surface area contributed by atoms with Gasteiger partial charge in [0.15, 0.2) is 0 Å². The molecule has 0 spiro atoms. The molecule has 18 heavy (non-hydrogen) atoms. The fourth-order valence-corrected chi connectivity index (χ4v) is 2.00. The Kier molecular flexibility index (Phi) is 4.53. The Morgan fingerprint density at radius 3 is 1.67 bits per heavy atom. The van der Waals surface area contributed by atoms with Gasteiger partial charge in [-0.15, -0.1) is 0 Å². The molecule has 0 saturated heterocycles. The Balaban J connectivity index is 2.02. The molecule has 2 heteroatoms. The molecule has 0 amide bonds. The zero-order valence-electron chi connectivity index (χ0n) is 10.2. The minimum Gasteiger partial charge on any atom is -0.464 e. The minimum absolute atomic E-state index is 0.104. The van der Waals surface area contributed by atoms with Crippen LogP contribution >= 0.6 is 0 Å². The molecule has 0 aliphatic heterocycles. The Morgan fingerprint density at radius 2 is 1.28 bits per heavy atom. The van der Waals surface area contributed by atoms with E-state index >= 15 is 0 Å². The van der Waals surface area contributed by atoms with Crippen molar-refractivity contribution < 1.29 is 9.53 Å². The topological polar surface area (TPSA) is 26.3 Å². The monoisotopic (exact) mass is 240 g/mol. The number of carbonyl (C=O) groups excluding carboxylic acids is 1. The van der Waals surface area contributed by atoms with Crippen molar-refractivity contribution in [2.24, 2.45) is 0 Å². The fraction of sp³-hybridized carbons (Fsp3) is 0.188. The Bertz CT molecular complexity index is 423. The second-order valence-electron chi connectivity index (χ2n) is 4.23. The van der Waals surface area contributed by atoms with Gasteiger partial charge >= 0.3 is 0 Å². The zero-order valence-corrected chi connectivity index (χ0v) is 10.2. The van der Waals surface area contributed by atoms with Crippen LogP contribution in [0.25, 0.3) is 0 Å². The summed E-state index contributed by atoms with van der Waals surface area (Å²) in [6, 6.07) is 20.1. The SMILES string of the molecule is O=COC(Cc1ccccc1)Cc1ccccc1. The molecule has 0 heterocycles. The maximum atomic E-state index is 10.6. The summed E-state index contributed by atoms with van der Waals surface area (Å²) in [4.78, 5) is 10.6. The molecular formula is C16H16O2. The van der Waals surface area contributed by atoms with Crippen LogP contribution in [0, 0.1) is 0 Å². The lowest BCUT2D eigenvalue weighted by molar-refractivity contribution is -0.133. The molecular weight excluding hydrogens is 224 g/mol. The van der Waals surface area contributed by atoms with Gasteiger partial charge in [0.25, 0.3) is 6.47 Å². The maximum absolute atomic E-state index is 10.6. The van der Waals surface area contributed by atoms with Gasteiger partial charge in [0.2, 0.25) is 0 Å². The third-order valence-electron chi connectivity index (χ3n) is 2.86. The van der Waals surface area contributed by atoms with E-state index in [1.807, 2.05) is 60.7 Å². The molecule has 0 unspecified atom stereocenters. The first-order chi connectivity index (χ1) is 8.88. The third-order valence-corrected chi connectivity index (χ3v) is 2.86. The molecule has 0 saturated carbocycles. The van der Waals surface area contributed by atoms with E-state index in [2.05, 4.69) is 0 Å². The summed E-state index contributed by atoms with van der Waals surface area (Å²) in [5.41, 5.74) is 2.36. The van der Waals surface area contributed by atoms with E-state index in [9.17, 15) is 4.79 Å². The van der Waals surface area contributed by atoms with Crippen LogP contribution in [0.3, 0.4) is 0 Å². The lowest BCUT2D eigenvalue weighted by Crippen LogP contribution is -2.18. The summed E-state index contributed by atoms with van der Waals surface area (Å²) in [5, 5.41) is 0. The summed E-state index contributed by atoms with van der Waals surface area (Å²) in [6.07, 6.45) is 1.38. The molecule has 92 valence electrons. The second kappa shape index (κ2) is 6.60. The van der Waals surface area contributed by atoms with Crippen molar-refractivity contribution in [3.63, 3.8) is 0 Å². The van der Waals surface area contributed by atoms with Gasteiger partial charge in [-0.05, 0) is 11.1 Å². The van der Waals surface area contributed by atoms with Gasteiger partial charge in [0.1, 0.15) is 6.10 Å². The first-order valence-electron chi connectivity index (χ1n) is 6.05. The fourth-order valence-electron chi connectivity index (χ4n) is 2.00. The molecule has 0 atom stereocenters. The third kappa shape index (κ3) is 3.74. The standard InChI is InChI=1S/C16H16O2/c17-13-18-16(11-14-7-3-1-4-8-14)12-15-9-5-2-6-10-15/h1-10,13,16H,11-12H2. The highest BCUT2D eigenvalue weighted by molar-refractivity contribution is 5.38. The van der Waals surface area contributed by atoms with Gasteiger partial charge in [0, 0.05) is 12.8 Å². The van der Waals surface area contributed by atoms with Crippen molar-refractivity contribution in [3.05, 3.63) is 71.8 Å². The lowest BCUT2D eigenvalue weighted by Gasteiger charge is -2.15. The van der Waals surface area contributed by atoms with Crippen LogP contribution in [0.5, 0.6) is 0 Å². The molecule has 0 fully saturated rings. The maximum Gasteiger partial charge on any atom is 0.293 e. The van der Waals surface area contributed by atoms with E-state index < -0.39 is 0 Å². The molecule has 2 aromatic rings. The van der Waals surface area contributed by atoms with Crippen LogP contribution in [0.15, 0.2) is 60.7 Å². The Labute approximate surface area is 107 Å². The van der Waals surface area contributed by atoms with Crippen molar-refractivity contribution in [1.82, 2.24) is 0 Å². The van der Waals surface area contributed by atoms with E-state index in [4.69, 9.17) is 4.74 Å². The first kappa shape index (κ1) is 12.4. The van der Waals surface area contributed by atoms with E-state index in [1.165, 1.54) is 11.1 Å². The highest BCUT2D eigenvalue weighted by Gasteiger charge is 2.11. The molecule has 0 aliphatic carbocycles. The number of carbonyl (C=O) groups is 1. The lowest BCUT2D eigenvalue weighted by atomic mass is 10.0. The second-order valence-corrected chi connectivity index (χ2v) is 4.23. The summed E-state index contributed by atoms with van der Waals surface area (Å²) >= 11 is 0. The van der Waals surface area contributed by atoms with Crippen LogP contribution in [-0.2, 0) is 22.4 Å². The van der Waals surface area contributed by atoms with Gasteiger partial charge in [-0.2, -0.15) is 0 Å². The highest BCUT2D eigenvalue weighted by Crippen LogP contribution is 2.11. The molecule has 0 N–H and O–H groups in total. The number of benzene rings is 2. The van der Waals surface area contributed by atoms with Crippen molar-refractivity contribution in [2.75, 3.05) is 0 Å². The van der Waals surface area contributed by atoms with Gasteiger partial charge in [-0.1, -0.05) is 60.7 Å². The normalized spacial score (nSPS) is 10.3. The average molecular weight is 240 g/mol.